The van der Waals surface area contributed by atoms with Gasteiger partial charge in [0.05, 0.1) is 0 Å². The van der Waals surface area contributed by atoms with E-state index in [9.17, 15) is 4.79 Å². The number of hydrogen-bond acceptors (Lipinski definition) is 4. The highest BCUT2D eigenvalue weighted by Crippen LogP contribution is 2.21. The fraction of sp³-hybridized carbons (Fsp3) is 0.280. The van der Waals surface area contributed by atoms with E-state index in [0.717, 1.165) is 37.4 Å². The normalized spacial score (nSPS) is 16.3. The van der Waals surface area contributed by atoms with Gasteiger partial charge < -0.3 is 15.5 Å². The van der Waals surface area contributed by atoms with Crippen molar-refractivity contribution in [3.63, 3.8) is 0 Å². The van der Waals surface area contributed by atoms with E-state index in [4.69, 9.17) is 0 Å². The third-order valence-corrected chi connectivity index (χ3v) is 5.59. The summed E-state index contributed by atoms with van der Waals surface area (Å²) in [4.78, 5) is 19.5. The Labute approximate surface area is 178 Å². The van der Waals surface area contributed by atoms with Gasteiger partial charge in [0.1, 0.15) is 5.82 Å². The average Bonchev–Trinajstić information content (AvgIpc) is 2.83. The third kappa shape index (κ3) is 4.86. The summed E-state index contributed by atoms with van der Waals surface area (Å²) in [5.74, 6) is 0.769. The zero-order chi connectivity index (χ0) is 20.8. The van der Waals surface area contributed by atoms with Gasteiger partial charge in [-0.15, -0.1) is 0 Å². The molecule has 0 unspecified atom stereocenters. The average molecular weight is 401 g/mol. The zero-order valence-electron chi connectivity index (χ0n) is 17.3. The molecule has 1 amide bonds. The predicted octanol–water partition coefficient (Wildman–Crippen LogP) is 3.72. The molecule has 1 aromatic heterocycles. The van der Waals surface area contributed by atoms with Gasteiger partial charge in [0.25, 0.3) is 5.91 Å². The minimum atomic E-state index is -0.0760. The maximum Gasteiger partial charge on any atom is 0.251 e. The molecule has 30 heavy (non-hydrogen) atoms. The molecule has 2 N–H and O–H groups in total. The number of carbonyl (C=O) groups is 1. The number of aromatic nitrogens is 1. The molecule has 1 atom stereocenters. The maximum absolute atomic E-state index is 12.7. The lowest BCUT2D eigenvalue weighted by molar-refractivity contribution is 0.0951. The van der Waals surface area contributed by atoms with Crippen LogP contribution in [-0.2, 0) is 13.0 Å². The Bertz CT molecular complexity index is 972. The number of benzene rings is 2. The molecule has 0 saturated carbocycles. The summed E-state index contributed by atoms with van der Waals surface area (Å²) in [5.41, 5.74) is 4.31. The zero-order valence-corrected chi connectivity index (χ0v) is 17.3. The largest absolute Gasteiger partial charge is 0.353 e. The molecule has 1 aliphatic heterocycles. The van der Waals surface area contributed by atoms with E-state index in [1.54, 1.807) is 12.3 Å². The van der Waals surface area contributed by atoms with E-state index < -0.39 is 0 Å². The highest BCUT2D eigenvalue weighted by Gasteiger charge is 2.22. The number of carbonyl (C=O) groups excluding carboxylic acids is 1. The minimum Gasteiger partial charge on any atom is -0.353 e. The van der Waals surface area contributed by atoms with E-state index >= 15 is 0 Å². The number of pyridine rings is 1. The van der Waals surface area contributed by atoms with Crippen molar-refractivity contribution in [3.8, 4) is 0 Å². The van der Waals surface area contributed by atoms with Gasteiger partial charge in [0.2, 0.25) is 0 Å². The van der Waals surface area contributed by atoms with Gasteiger partial charge in [-0.3, -0.25) is 4.79 Å². The van der Waals surface area contributed by atoms with Gasteiger partial charge in [0.15, 0.2) is 0 Å². The number of hydrogen-bond donors (Lipinski definition) is 2. The molecule has 1 fully saturated rings. The summed E-state index contributed by atoms with van der Waals surface area (Å²) in [5, 5.41) is 6.59. The lowest BCUT2D eigenvalue weighted by atomic mass is 10.0. The van der Waals surface area contributed by atoms with Crippen LogP contribution in [-0.4, -0.2) is 30.5 Å². The molecule has 1 aliphatic rings. The molecule has 4 rings (SSSR count). The molecule has 154 valence electrons. The maximum atomic E-state index is 12.7. The standard InChI is InChI=1S/C25H28N4O/c1-2-19-8-10-20(11-9-19)17-28-25(30)22-12-13-27-24(16-22)29-15-14-26-23(18-29)21-6-4-3-5-7-21/h3-13,16,23,26H,2,14-15,17-18H2,1H3,(H,28,30)/t23-/m0/s1. The number of nitrogens with zero attached hydrogens (tertiary/aromatic N) is 2. The Morgan fingerprint density at radius 2 is 1.87 bits per heavy atom. The second kappa shape index (κ2) is 9.55. The first-order valence-corrected chi connectivity index (χ1v) is 10.6. The van der Waals surface area contributed by atoms with E-state index in [-0.39, 0.29) is 11.9 Å². The molecule has 5 heteroatoms. The number of nitrogens with one attached hydrogen (secondary N) is 2. The lowest BCUT2D eigenvalue weighted by Gasteiger charge is -2.34. The number of rotatable bonds is 6. The number of aryl methyl sites for hydroxylation is 1. The molecule has 0 aliphatic carbocycles. The Hall–Kier alpha value is -3.18. The molecule has 2 aromatic carbocycles. The smallest absolute Gasteiger partial charge is 0.251 e. The third-order valence-electron chi connectivity index (χ3n) is 5.59. The topological polar surface area (TPSA) is 57.3 Å². The fourth-order valence-corrected chi connectivity index (χ4v) is 3.78. The summed E-state index contributed by atoms with van der Waals surface area (Å²) in [6, 6.07) is 22.7. The molecule has 0 spiro atoms. The lowest BCUT2D eigenvalue weighted by Crippen LogP contribution is -2.46. The van der Waals surface area contributed by atoms with Crippen LogP contribution in [0.4, 0.5) is 5.82 Å². The molecule has 0 radical (unpaired) electrons. The van der Waals surface area contributed by atoms with Crippen LogP contribution >= 0.6 is 0 Å². The highest BCUT2D eigenvalue weighted by molar-refractivity contribution is 5.94. The number of piperazine rings is 1. The van der Waals surface area contributed by atoms with Crippen LogP contribution in [0.1, 0.15) is 40.0 Å². The Kier molecular flexibility index (Phi) is 6.40. The Morgan fingerprint density at radius 1 is 1.10 bits per heavy atom. The first-order valence-electron chi connectivity index (χ1n) is 10.6. The summed E-state index contributed by atoms with van der Waals surface area (Å²) >= 11 is 0. The summed E-state index contributed by atoms with van der Waals surface area (Å²) in [6.45, 7) is 5.23. The van der Waals surface area contributed by atoms with Gasteiger partial charge in [-0.05, 0) is 35.2 Å². The fourth-order valence-electron chi connectivity index (χ4n) is 3.78. The van der Waals surface area contributed by atoms with Crippen molar-refractivity contribution < 1.29 is 4.79 Å². The monoisotopic (exact) mass is 400 g/mol. The molecule has 0 bridgehead atoms. The quantitative estimate of drug-likeness (QED) is 0.662. The van der Waals surface area contributed by atoms with Crippen LogP contribution in [0.2, 0.25) is 0 Å². The molecule has 5 nitrogen and oxygen atoms in total. The van der Waals surface area contributed by atoms with Crippen molar-refractivity contribution in [3.05, 3.63) is 95.2 Å². The van der Waals surface area contributed by atoms with Crippen LogP contribution in [0.5, 0.6) is 0 Å². The van der Waals surface area contributed by atoms with E-state index in [2.05, 4.69) is 76.0 Å². The first-order chi connectivity index (χ1) is 14.7. The van der Waals surface area contributed by atoms with Gasteiger partial charge in [-0.25, -0.2) is 4.98 Å². The number of amides is 1. The van der Waals surface area contributed by atoms with E-state index in [0.29, 0.717) is 12.1 Å². The predicted molar refractivity (Wildman–Crippen MR) is 121 cm³/mol. The molecular formula is C25H28N4O. The number of anilines is 1. The van der Waals surface area contributed by atoms with Crippen molar-refractivity contribution in [2.75, 3.05) is 24.5 Å². The molecular weight excluding hydrogens is 372 g/mol. The van der Waals surface area contributed by atoms with Gasteiger partial charge in [-0.1, -0.05) is 61.5 Å². The van der Waals surface area contributed by atoms with Crippen molar-refractivity contribution in [2.45, 2.75) is 25.9 Å². The van der Waals surface area contributed by atoms with E-state index in [1.807, 2.05) is 12.1 Å². The van der Waals surface area contributed by atoms with Crippen LogP contribution < -0.4 is 15.5 Å². The van der Waals surface area contributed by atoms with Crippen LogP contribution in [0.15, 0.2) is 72.9 Å². The van der Waals surface area contributed by atoms with Crippen LogP contribution in [0.3, 0.4) is 0 Å². The molecule has 1 saturated heterocycles. The summed E-state index contributed by atoms with van der Waals surface area (Å²) in [7, 11) is 0. The highest BCUT2D eigenvalue weighted by atomic mass is 16.1. The second-order valence-corrected chi connectivity index (χ2v) is 7.62. The Balaban J connectivity index is 1.40. The Morgan fingerprint density at radius 3 is 2.63 bits per heavy atom. The van der Waals surface area contributed by atoms with Gasteiger partial charge in [-0.2, -0.15) is 0 Å². The first kappa shape index (κ1) is 20.1. The van der Waals surface area contributed by atoms with Crippen molar-refractivity contribution >= 4 is 11.7 Å². The minimum absolute atomic E-state index is 0.0760. The summed E-state index contributed by atoms with van der Waals surface area (Å²) in [6.07, 6.45) is 2.74. The second-order valence-electron chi connectivity index (χ2n) is 7.62. The van der Waals surface area contributed by atoms with E-state index in [1.165, 1.54) is 11.1 Å². The molecule has 3 aromatic rings. The van der Waals surface area contributed by atoms with Crippen LogP contribution in [0.25, 0.3) is 0 Å². The van der Waals surface area contributed by atoms with Crippen molar-refractivity contribution in [1.82, 2.24) is 15.6 Å². The summed E-state index contributed by atoms with van der Waals surface area (Å²) < 4.78 is 0. The van der Waals surface area contributed by atoms with Crippen molar-refractivity contribution in [1.29, 1.82) is 0 Å². The van der Waals surface area contributed by atoms with Crippen molar-refractivity contribution in [2.24, 2.45) is 0 Å². The van der Waals surface area contributed by atoms with Gasteiger partial charge in [0, 0.05) is 44.0 Å². The SMILES string of the molecule is CCc1ccc(CNC(=O)c2ccnc(N3CCN[C@H](c4ccccc4)C3)c2)cc1. The molecule has 2 heterocycles. The van der Waals surface area contributed by atoms with Crippen LogP contribution in [0, 0.1) is 0 Å². The van der Waals surface area contributed by atoms with Gasteiger partial charge >= 0.3 is 0 Å².